The topological polar surface area (TPSA) is 66.8 Å². The molecule has 6 heteroatoms. The van der Waals surface area contributed by atoms with Crippen LogP contribution in [0.5, 0.6) is 0 Å². The SMILES string of the molecule is Cc1ccc(C(=O)N2CC(Cn3ncc4cc(-c5cn[nH]c5)ccc43)CC2(C)C)cc1. The van der Waals surface area contributed by atoms with Crippen LogP contribution in [0.3, 0.4) is 0 Å². The van der Waals surface area contributed by atoms with Crippen molar-refractivity contribution in [3.05, 3.63) is 72.2 Å². The summed E-state index contributed by atoms with van der Waals surface area (Å²) in [7, 11) is 0. The summed E-state index contributed by atoms with van der Waals surface area (Å²) in [4.78, 5) is 15.2. The molecule has 6 nitrogen and oxygen atoms in total. The average molecular weight is 414 g/mol. The maximum atomic E-state index is 13.2. The van der Waals surface area contributed by atoms with Crippen molar-refractivity contribution in [2.75, 3.05) is 6.54 Å². The molecule has 4 aromatic rings. The van der Waals surface area contributed by atoms with Crippen LogP contribution in [-0.4, -0.2) is 42.9 Å². The first-order valence-electron chi connectivity index (χ1n) is 10.7. The minimum absolute atomic E-state index is 0.113. The van der Waals surface area contributed by atoms with Gasteiger partial charge in [-0.15, -0.1) is 0 Å². The number of hydrogen-bond acceptors (Lipinski definition) is 3. The van der Waals surface area contributed by atoms with E-state index >= 15 is 0 Å². The Morgan fingerprint density at radius 3 is 2.68 bits per heavy atom. The van der Waals surface area contributed by atoms with Crippen LogP contribution in [0.2, 0.25) is 0 Å². The molecule has 0 aliphatic carbocycles. The van der Waals surface area contributed by atoms with Crippen LogP contribution in [0.4, 0.5) is 0 Å². The summed E-state index contributed by atoms with van der Waals surface area (Å²) in [5.74, 6) is 0.476. The number of benzene rings is 2. The Balaban J connectivity index is 1.35. The van der Waals surface area contributed by atoms with Crippen LogP contribution >= 0.6 is 0 Å². The van der Waals surface area contributed by atoms with Crippen molar-refractivity contribution >= 4 is 16.8 Å². The van der Waals surface area contributed by atoms with E-state index in [9.17, 15) is 4.79 Å². The summed E-state index contributed by atoms with van der Waals surface area (Å²) in [6.45, 7) is 7.91. The second-order valence-electron chi connectivity index (χ2n) is 9.25. The highest BCUT2D eigenvalue weighted by Crippen LogP contribution is 2.35. The third-order valence-corrected chi connectivity index (χ3v) is 6.41. The Morgan fingerprint density at radius 1 is 1.13 bits per heavy atom. The Bertz CT molecular complexity index is 1220. The summed E-state index contributed by atoms with van der Waals surface area (Å²) in [5.41, 5.74) is 5.06. The molecule has 1 atom stereocenters. The lowest BCUT2D eigenvalue weighted by Crippen LogP contribution is -2.42. The quantitative estimate of drug-likeness (QED) is 0.528. The first-order chi connectivity index (χ1) is 14.9. The highest BCUT2D eigenvalue weighted by atomic mass is 16.2. The highest BCUT2D eigenvalue weighted by molar-refractivity contribution is 5.95. The molecule has 2 aromatic heterocycles. The van der Waals surface area contributed by atoms with Crippen molar-refractivity contribution < 1.29 is 4.79 Å². The summed E-state index contributed by atoms with van der Waals surface area (Å²) in [5, 5.41) is 12.7. The van der Waals surface area contributed by atoms with Gasteiger partial charge in [-0.3, -0.25) is 14.6 Å². The standard InChI is InChI=1S/C25H27N5O/c1-17-4-6-19(7-5-17)24(31)29-15-18(11-25(29,2)3)16-30-23-9-8-20(10-21(23)14-28-30)22-12-26-27-13-22/h4-10,12-14,18H,11,15-16H2,1-3H3,(H,26,27). The van der Waals surface area contributed by atoms with Crippen molar-refractivity contribution in [1.82, 2.24) is 24.9 Å². The lowest BCUT2D eigenvalue weighted by Gasteiger charge is -2.31. The fourth-order valence-corrected chi connectivity index (χ4v) is 4.78. The molecule has 1 N–H and O–H groups in total. The number of H-pyrrole nitrogens is 1. The number of nitrogens with one attached hydrogen (secondary N) is 1. The second-order valence-corrected chi connectivity index (χ2v) is 9.25. The summed E-state index contributed by atoms with van der Waals surface area (Å²) in [6, 6.07) is 14.2. The van der Waals surface area contributed by atoms with E-state index in [1.165, 1.54) is 0 Å². The van der Waals surface area contributed by atoms with Gasteiger partial charge in [-0.2, -0.15) is 10.2 Å². The van der Waals surface area contributed by atoms with E-state index in [0.29, 0.717) is 5.92 Å². The predicted octanol–water partition coefficient (Wildman–Crippen LogP) is 4.68. The van der Waals surface area contributed by atoms with Gasteiger partial charge in [0, 0.05) is 41.3 Å². The van der Waals surface area contributed by atoms with Crippen LogP contribution < -0.4 is 0 Å². The van der Waals surface area contributed by atoms with Gasteiger partial charge in [0.1, 0.15) is 0 Å². The van der Waals surface area contributed by atoms with Gasteiger partial charge in [-0.1, -0.05) is 23.8 Å². The third-order valence-electron chi connectivity index (χ3n) is 6.41. The number of aryl methyl sites for hydroxylation is 1. The fraction of sp³-hybridized carbons (Fsp3) is 0.320. The number of aromatic nitrogens is 4. The lowest BCUT2D eigenvalue weighted by molar-refractivity contribution is 0.0649. The Hall–Kier alpha value is -3.41. The molecule has 0 bridgehead atoms. The molecule has 0 spiro atoms. The smallest absolute Gasteiger partial charge is 0.254 e. The van der Waals surface area contributed by atoms with Crippen molar-refractivity contribution in [3.8, 4) is 11.1 Å². The Kier molecular flexibility index (Phi) is 4.65. The lowest BCUT2D eigenvalue weighted by atomic mass is 9.96. The van der Waals surface area contributed by atoms with Crippen molar-refractivity contribution in [2.24, 2.45) is 5.92 Å². The molecule has 1 saturated heterocycles. The molecule has 1 aliphatic heterocycles. The van der Waals surface area contributed by atoms with Gasteiger partial charge < -0.3 is 4.90 Å². The zero-order valence-corrected chi connectivity index (χ0v) is 18.2. The largest absolute Gasteiger partial charge is 0.333 e. The molecule has 0 radical (unpaired) electrons. The predicted molar refractivity (Wildman–Crippen MR) is 122 cm³/mol. The number of amides is 1. The van der Waals surface area contributed by atoms with Gasteiger partial charge in [0.15, 0.2) is 0 Å². The molecule has 1 amide bonds. The molecule has 31 heavy (non-hydrogen) atoms. The molecule has 1 aliphatic rings. The molecular weight excluding hydrogens is 386 g/mol. The van der Waals surface area contributed by atoms with Crippen molar-refractivity contribution in [3.63, 3.8) is 0 Å². The van der Waals surface area contributed by atoms with Crippen LogP contribution in [0.15, 0.2) is 61.1 Å². The van der Waals surface area contributed by atoms with E-state index < -0.39 is 0 Å². The van der Waals surface area contributed by atoms with E-state index in [4.69, 9.17) is 0 Å². The number of carbonyl (C=O) groups excluding carboxylic acids is 1. The molecule has 2 aromatic carbocycles. The summed E-state index contributed by atoms with van der Waals surface area (Å²) < 4.78 is 2.08. The fourth-order valence-electron chi connectivity index (χ4n) is 4.78. The molecule has 0 saturated carbocycles. The minimum atomic E-state index is -0.177. The third kappa shape index (κ3) is 3.63. The Morgan fingerprint density at radius 2 is 1.94 bits per heavy atom. The van der Waals surface area contributed by atoms with Crippen LogP contribution in [0.1, 0.15) is 36.2 Å². The number of aromatic amines is 1. The van der Waals surface area contributed by atoms with Gasteiger partial charge >= 0.3 is 0 Å². The van der Waals surface area contributed by atoms with E-state index in [-0.39, 0.29) is 11.4 Å². The van der Waals surface area contributed by atoms with Gasteiger partial charge in [0.2, 0.25) is 0 Å². The van der Waals surface area contributed by atoms with E-state index in [1.807, 2.05) is 54.7 Å². The number of nitrogens with zero attached hydrogens (tertiary/aromatic N) is 4. The number of rotatable bonds is 4. The van der Waals surface area contributed by atoms with Crippen LogP contribution in [0, 0.1) is 12.8 Å². The maximum Gasteiger partial charge on any atom is 0.254 e. The average Bonchev–Trinajstić information content (AvgIpc) is 3.47. The Labute approximate surface area is 181 Å². The molecule has 158 valence electrons. The van der Waals surface area contributed by atoms with E-state index in [0.717, 1.165) is 52.7 Å². The number of carbonyl (C=O) groups is 1. The zero-order valence-electron chi connectivity index (χ0n) is 18.2. The normalized spacial score (nSPS) is 18.0. The minimum Gasteiger partial charge on any atom is -0.333 e. The summed E-state index contributed by atoms with van der Waals surface area (Å²) >= 11 is 0. The molecule has 1 fully saturated rings. The molecule has 3 heterocycles. The van der Waals surface area contributed by atoms with Gasteiger partial charge in [-0.05, 0) is 62.9 Å². The number of hydrogen-bond donors (Lipinski definition) is 1. The van der Waals surface area contributed by atoms with E-state index in [2.05, 4.69) is 52.0 Å². The van der Waals surface area contributed by atoms with Crippen molar-refractivity contribution in [2.45, 2.75) is 39.3 Å². The number of likely N-dealkylation sites (tertiary alicyclic amines) is 1. The molecular formula is C25H27N5O. The van der Waals surface area contributed by atoms with Gasteiger partial charge in [0.25, 0.3) is 5.91 Å². The van der Waals surface area contributed by atoms with Crippen LogP contribution in [-0.2, 0) is 6.54 Å². The maximum absolute atomic E-state index is 13.2. The van der Waals surface area contributed by atoms with E-state index in [1.54, 1.807) is 0 Å². The monoisotopic (exact) mass is 413 g/mol. The zero-order chi connectivity index (χ0) is 21.6. The van der Waals surface area contributed by atoms with Crippen molar-refractivity contribution in [1.29, 1.82) is 0 Å². The summed E-state index contributed by atoms with van der Waals surface area (Å²) in [6.07, 6.45) is 6.60. The molecule has 5 rings (SSSR count). The van der Waals surface area contributed by atoms with Gasteiger partial charge in [-0.25, -0.2) is 0 Å². The number of fused-ring (bicyclic) bond motifs is 1. The van der Waals surface area contributed by atoms with Crippen LogP contribution in [0.25, 0.3) is 22.0 Å². The highest BCUT2D eigenvalue weighted by Gasteiger charge is 2.41. The first-order valence-corrected chi connectivity index (χ1v) is 10.7. The second kappa shape index (κ2) is 7.38. The molecule has 1 unspecified atom stereocenters. The van der Waals surface area contributed by atoms with Gasteiger partial charge in [0.05, 0.1) is 17.9 Å². The first kappa shape index (κ1) is 19.5.